The van der Waals surface area contributed by atoms with E-state index < -0.39 is 0 Å². The molecule has 2 rings (SSSR count). The van der Waals surface area contributed by atoms with Crippen molar-refractivity contribution >= 4 is 43.2 Å². The van der Waals surface area contributed by atoms with Crippen LogP contribution in [-0.4, -0.2) is 7.05 Å². The van der Waals surface area contributed by atoms with Crippen molar-refractivity contribution in [2.24, 2.45) is 0 Å². The lowest BCUT2D eigenvalue weighted by Gasteiger charge is -2.22. The number of rotatable bonds is 3. The Balaban J connectivity index is 2.23. The van der Waals surface area contributed by atoms with Crippen molar-refractivity contribution in [3.63, 3.8) is 0 Å². The average Bonchev–Trinajstić information content (AvgIpc) is 2.32. The van der Waals surface area contributed by atoms with Gasteiger partial charge in [-0.25, -0.2) is 4.39 Å². The van der Waals surface area contributed by atoms with Crippen LogP contribution in [0.15, 0.2) is 45.3 Å². The van der Waals surface area contributed by atoms with Gasteiger partial charge in [-0.3, -0.25) is 0 Å². The summed E-state index contributed by atoms with van der Waals surface area (Å²) in [7, 11) is 1.95. The lowest BCUT2D eigenvalue weighted by atomic mass is 10.2. The van der Waals surface area contributed by atoms with Gasteiger partial charge in [-0.2, -0.15) is 0 Å². The highest BCUT2D eigenvalue weighted by atomic mass is 79.9. The molecule has 0 bridgehead atoms. The van der Waals surface area contributed by atoms with Gasteiger partial charge in [0, 0.05) is 22.5 Å². The van der Waals surface area contributed by atoms with E-state index in [2.05, 4.69) is 31.9 Å². The third-order valence-corrected chi connectivity index (χ3v) is 4.05. The van der Waals surface area contributed by atoms with Crippen LogP contribution in [0.1, 0.15) is 5.56 Å². The van der Waals surface area contributed by atoms with Crippen LogP contribution in [0.5, 0.6) is 0 Å². The Hall–Kier alpha value is -1.07. The summed E-state index contributed by atoms with van der Waals surface area (Å²) in [5.74, 6) is -0.249. The minimum Gasteiger partial charge on any atom is -0.397 e. The number of halogens is 3. The molecular formula is C14H13Br2FN2. The monoisotopic (exact) mass is 386 g/mol. The second-order valence-electron chi connectivity index (χ2n) is 4.29. The Morgan fingerprint density at radius 2 is 1.89 bits per heavy atom. The van der Waals surface area contributed by atoms with Crippen molar-refractivity contribution < 1.29 is 4.39 Å². The highest BCUT2D eigenvalue weighted by Crippen LogP contribution is 2.28. The van der Waals surface area contributed by atoms with Crippen LogP contribution in [0.4, 0.5) is 15.8 Å². The van der Waals surface area contributed by atoms with E-state index in [1.807, 2.05) is 30.1 Å². The molecule has 0 aliphatic carbocycles. The van der Waals surface area contributed by atoms with E-state index in [0.29, 0.717) is 12.2 Å². The smallest absolute Gasteiger partial charge is 0.124 e. The van der Waals surface area contributed by atoms with E-state index in [0.717, 1.165) is 20.2 Å². The summed E-state index contributed by atoms with van der Waals surface area (Å²) < 4.78 is 14.8. The first kappa shape index (κ1) is 14.3. The van der Waals surface area contributed by atoms with Gasteiger partial charge in [0.1, 0.15) is 5.82 Å². The molecule has 0 saturated carbocycles. The molecule has 0 amide bonds. The summed E-state index contributed by atoms with van der Waals surface area (Å²) in [5, 5.41) is 0. The zero-order chi connectivity index (χ0) is 14.0. The van der Waals surface area contributed by atoms with Gasteiger partial charge < -0.3 is 10.6 Å². The van der Waals surface area contributed by atoms with Gasteiger partial charge in [-0.1, -0.05) is 37.9 Å². The van der Waals surface area contributed by atoms with Crippen molar-refractivity contribution in [1.82, 2.24) is 0 Å². The molecule has 2 aromatic rings. The summed E-state index contributed by atoms with van der Waals surface area (Å²) in [6, 6.07) is 10.5. The molecule has 100 valence electrons. The predicted molar refractivity (Wildman–Crippen MR) is 84.8 cm³/mol. The summed E-state index contributed by atoms with van der Waals surface area (Å²) in [6.45, 7) is 0.646. The SMILES string of the molecule is CN(Cc1ccc(F)cc1Br)c1ccc(Br)cc1N. The van der Waals surface area contributed by atoms with Crippen LogP contribution >= 0.6 is 31.9 Å². The highest BCUT2D eigenvalue weighted by molar-refractivity contribution is 9.10. The van der Waals surface area contributed by atoms with Gasteiger partial charge >= 0.3 is 0 Å². The molecular weight excluding hydrogens is 375 g/mol. The molecule has 0 spiro atoms. The standard InChI is InChI=1S/C14H13Br2FN2/c1-19(14-5-3-10(15)6-13(14)18)8-9-2-4-11(17)7-12(9)16/h2-7H,8,18H2,1H3. The number of nitrogens with two attached hydrogens (primary N) is 1. The van der Waals surface area contributed by atoms with Gasteiger partial charge in [-0.15, -0.1) is 0 Å². The van der Waals surface area contributed by atoms with E-state index in [1.54, 1.807) is 6.07 Å². The Kier molecular flexibility index (Phi) is 4.47. The van der Waals surface area contributed by atoms with Crippen LogP contribution in [0.2, 0.25) is 0 Å². The summed E-state index contributed by atoms with van der Waals surface area (Å²) >= 11 is 6.76. The summed E-state index contributed by atoms with van der Waals surface area (Å²) in [4.78, 5) is 2.03. The van der Waals surface area contributed by atoms with E-state index in [9.17, 15) is 4.39 Å². The number of nitrogens with zero attached hydrogens (tertiary/aromatic N) is 1. The molecule has 0 heterocycles. The zero-order valence-corrected chi connectivity index (χ0v) is 13.5. The van der Waals surface area contributed by atoms with Crippen LogP contribution < -0.4 is 10.6 Å². The maximum absolute atomic E-state index is 13.0. The van der Waals surface area contributed by atoms with Gasteiger partial charge in [0.05, 0.1) is 11.4 Å². The number of hydrogen-bond donors (Lipinski definition) is 1. The molecule has 2 N–H and O–H groups in total. The quantitative estimate of drug-likeness (QED) is 0.781. The Morgan fingerprint density at radius 1 is 1.16 bits per heavy atom. The van der Waals surface area contributed by atoms with E-state index in [-0.39, 0.29) is 5.82 Å². The third-order valence-electron chi connectivity index (χ3n) is 2.82. The first-order valence-electron chi connectivity index (χ1n) is 5.67. The minimum absolute atomic E-state index is 0.249. The molecule has 0 radical (unpaired) electrons. The van der Waals surface area contributed by atoms with E-state index >= 15 is 0 Å². The Morgan fingerprint density at radius 3 is 2.53 bits per heavy atom. The molecule has 0 fully saturated rings. The molecule has 2 aromatic carbocycles. The lowest BCUT2D eigenvalue weighted by molar-refractivity contribution is 0.626. The highest BCUT2D eigenvalue weighted by Gasteiger charge is 2.09. The van der Waals surface area contributed by atoms with Crippen molar-refractivity contribution in [3.8, 4) is 0 Å². The zero-order valence-electron chi connectivity index (χ0n) is 10.3. The molecule has 19 heavy (non-hydrogen) atoms. The van der Waals surface area contributed by atoms with Crippen LogP contribution in [0.25, 0.3) is 0 Å². The first-order chi connectivity index (χ1) is 8.97. The fourth-order valence-corrected chi connectivity index (χ4v) is 2.72. The molecule has 0 atom stereocenters. The molecule has 5 heteroatoms. The largest absolute Gasteiger partial charge is 0.397 e. The second-order valence-corrected chi connectivity index (χ2v) is 6.06. The molecule has 0 unspecified atom stereocenters. The number of nitrogen functional groups attached to an aromatic ring is 1. The fraction of sp³-hybridized carbons (Fsp3) is 0.143. The topological polar surface area (TPSA) is 29.3 Å². The lowest BCUT2D eigenvalue weighted by Crippen LogP contribution is -2.18. The second kappa shape index (κ2) is 5.92. The van der Waals surface area contributed by atoms with Crippen LogP contribution in [-0.2, 0) is 6.54 Å². The number of benzene rings is 2. The Bertz CT molecular complexity index is 602. The normalized spacial score (nSPS) is 10.5. The molecule has 0 aliphatic heterocycles. The molecule has 0 aliphatic rings. The molecule has 0 saturated heterocycles. The van der Waals surface area contributed by atoms with Gasteiger partial charge in [0.25, 0.3) is 0 Å². The maximum atomic E-state index is 13.0. The van der Waals surface area contributed by atoms with Crippen LogP contribution in [0.3, 0.4) is 0 Å². The van der Waals surface area contributed by atoms with Gasteiger partial charge in [-0.05, 0) is 35.9 Å². The van der Waals surface area contributed by atoms with Crippen LogP contribution in [0, 0.1) is 5.82 Å². The average molecular weight is 388 g/mol. The minimum atomic E-state index is -0.249. The van der Waals surface area contributed by atoms with Crippen molar-refractivity contribution in [2.45, 2.75) is 6.54 Å². The van der Waals surface area contributed by atoms with Crippen molar-refractivity contribution in [2.75, 3.05) is 17.7 Å². The van der Waals surface area contributed by atoms with Crippen molar-refractivity contribution in [1.29, 1.82) is 0 Å². The number of anilines is 2. The van der Waals surface area contributed by atoms with E-state index in [1.165, 1.54) is 12.1 Å². The third kappa shape index (κ3) is 3.48. The van der Waals surface area contributed by atoms with E-state index in [4.69, 9.17) is 5.73 Å². The molecule has 2 nitrogen and oxygen atoms in total. The summed E-state index contributed by atoms with van der Waals surface area (Å²) in [5.41, 5.74) is 8.65. The predicted octanol–water partition coefficient (Wildman–Crippen LogP) is 4.57. The van der Waals surface area contributed by atoms with Crippen molar-refractivity contribution in [3.05, 3.63) is 56.7 Å². The summed E-state index contributed by atoms with van der Waals surface area (Å²) in [6.07, 6.45) is 0. The first-order valence-corrected chi connectivity index (χ1v) is 7.26. The molecule has 0 aromatic heterocycles. The Labute approximate surface area is 128 Å². The fourth-order valence-electron chi connectivity index (χ4n) is 1.86. The van der Waals surface area contributed by atoms with Gasteiger partial charge in [0.2, 0.25) is 0 Å². The number of hydrogen-bond acceptors (Lipinski definition) is 2. The maximum Gasteiger partial charge on any atom is 0.124 e. The van der Waals surface area contributed by atoms with Gasteiger partial charge in [0.15, 0.2) is 0 Å².